The fourth-order valence-electron chi connectivity index (χ4n) is 3.59. The van der Waals surface area contributed by atoms with Crippen LogP contribution in [0.25, 0.3) is 0 Å². The first-order valence-electron chi connectivity index (χ1n) is 9.24. The predicted molar refractivity (Wildman–Crippen MR) is 95.0 cm³/mol. The van der Waals surface area contributed by atoms with Gasteiger partial charge in [0.15, 0.2) is 0 Å². The first kappa shape index (κ1) is 20.1. The molecule has 1 heterocycles. The first-order chi connectivity index (χ1) is 13.4. The lowest BCUT2D eigenvalue weighted by atomic mass is 9.83. The van der Waals surface area contributed by atoms with Crippen LogP contribution in [0.5, 0.6) is 5.88 Å². The maximum absolute atomic E-state index is 13.9. The van der Waals surface area contributed by atoms with Gasteiger partial charge in [0.25, 0.3) is 0 Å². The Kier molecular flexibility index (Phi) is 6.18. The second kappa shape index (κ2) is 8.59. The summed E-state index contributed by atoms with van der Waals surface area (Å²) in [6.07, 6.45) is 0.931. The van der Waals surface area contributed by atoms with Crippen LogP contribution in [-0.4, -0.2) is 11.1 Å². The molecule has 0 radical (unpaired) electrons. The van der Waals surface area contributed by atoms with Gasteiger partial charge in [-0.05, 0) is 62.6 Å². The molecule has 2 aromatic rings. The summed E-state index contributed by atoms with van der Waals surface area (Å²) in [6, 6.07) is 8.78. The topological polar surface area (TPSA) is 45.9 Å². The normalized spacial score (nSPS) is 19.8. The third-order valence-corrected chi connectivity index (χ3v) is 5.19. The van der Waals surface area contributed by atoms with Gasteiger partial charge in [-0.25, -0.2) is 9.37 Å². The minimum absolute atomic E-state index is 0.0800. The Hall–Kier alpha value is -2.62. The molecule has 7 heteroatoms. The number of ether oxygens (including phenoxy) is 1. The van der Waals surface area contributed by atoms with Crippen LogP contribution in [0.4, 0.5) is 17.6 Å². The van der Waals surface area contributed by atoms with Crippen molar-refractivity contribution in [2.24, 2.45) is 5.92 Å². The van der Waals surface area contributed by atoms with E-state index >= 15 is 0 Å². The molecule has 0 bridgehead atoms. The lowest BCUT2D eigenvalue weighted by Gasteiger charge is -2.28. The van der Waals surface area contributed by atoms with Gasteiger partial charge in [0.1, 0.15) is 11.9 Å². The molecule has 0 aliphatic heterocycles. The van der Waals surface area contributed by atoms with Crippen molar-refractivity contribution in [1.29, 1.82) is 5.26 Å². The number of hydrogen-bond donors (Lipinski definition) is 0. The van der Waals surface area contributed by atoms with Gasteiger partial charge >= 0.3 is 6.18 Å². The second-order valence-electron chi connectivity index (χ2n) is 7.06. The van der Waals surface area contributed by atoms with Crippen molar-refractivity contribution in [2.45, 2.75) is 50.8 Å². The van der Waals surface area contributed by atoms with E-state index < -0.39 is 11.7 Å². The van der Waals surface area contributed by atoms with E-state index in [1.807, 2.05) is 6.07 Å². The van der Waals surface area contributed by atoms with E-state index in [4.69, 9.17) is 10.00 Å². The molecule has 1 saturated carbocycles. The minimum Gasteiger partial charge on any atom is -0.474 e. The van der Waals surface area contributed by atoms with Crippen molar-refractivity contribution >= 4 is 0 Å². The van der Waals surface area contributed by atoms with Crippen LogP contribution in [0.3, 0.4) is 0 Å². The van der Waals surface area contributed by atoms with Crippen LogP contribution in [0.15, 0.2) is 36.5 Å². The van der Waals surface area contributed by atoms with Crippen molar-refractivity contribution in [2.75, 3.05) is 0 Å². The SMILES string of the molecule is N#Cc1cccc(F)c1CCC1CCC(Oc2ccc(C(F)(F)F)cn2)CC1. The number of rotatable bonds is 5. The highest BCUT2D eigenvalue weighted by Crippen LogP contribution is 2.32. The summed E-state index contributed by atoms with van der Waals surface area (Å²) >= 11 is 0. The van der Waals surface area contributed by atoms with Crippen molar-refractivity contribution in [3.05, 3.63) is 59.0 Å². The number of aromatic nitrogens is 1. The Morgan fingerprint density at radius 3 is 2.46 bits per heavy atom. The van der Waals surface area contributed by atoms with E-state index in [0.717, 1.165) is 44.4 Å². The molecule has 1 aromatic heterocycles. The van der Waals surface area contributed by atoms with E-state index in [1.54, 1.807) is 6.07 Å². The van der Waals surface area contributed by atoms with E-state index in [2.05, 4.69) is 4.98 Å². The smallest absolute Gasteiger partial charge is 0.417 e. The lowest BCUT2D eigenvalue weighted by molar-refractivity contribution is -0.137. The van der Waals surface area contributed by atoms with E-state index in [-0.39, 0.29) is 17.8 Å². The Bertz CT molecular complexity index is 835. The zero-order valence-corrected chi connectivity index (χ0v) is 15.2. The van der Waals surface area contributed by atoms with E-state index in [9.17, 15) is 17.6 Å². The molecular weight excluding hydrogens is 372 g/mol. The van der Waals surface area contributed by atoms with Gasteiger partial charge in [0, 0.05) is 17.8 Å². The van der Waals surface area contributed by atoms with Gasteiger partial charge < -0.3 is 4.74 Å². The zero-order valence-electron chi connectivity index (χ0n) is 15.2. The minimum atomic E-state index is -4.41. The molecule has 0 unspecified atom stereocenters. The third kappa shape index (κ3) is 5.00. The maximum Gasteiger partial charge on any atom is 0.417 e. The first-order valence-corrected chi connectivity index (χ1v) is 9.24. The number of pyridine rings is 1. The number of benzene rings is 1. The van der Waals surface area contributed by atoms with Crippen molar-refractivity contribution in [3.8, 4) is 11.9 Å². The molecule has 1 aliphatic carbocycles. The van der Waals surface area contributed by atoms with Crippen molar-refractivity contribution in [1.82, 2.24) is 4.98 Å². The Morgan fingerprint density at radius 2 is 1.86 bits per heavy atom. The molecule has 148 valence electrons. The highest BCUT2D eigenvalue weighted by molar-refractivity contribution is 5.38. The fraction of sp³-hybridized carbons (Fsp3) is 0.429. The molecule has 0 atom stereocenters. The average Bonchev–Trinajstić information content (AvgIpc) is 2.68. The van der Waals surface area contributed by atoms with Crippen LogP contribution < -0.4 is 4.74 Å². The Labute approximate surface area is 161 Å². The molecular formula is C21H20F4N2O. The van der Waals surface area contributed by atoms with Gasteiger partial charge in [-0.3, -0.25) is 0 Å². The van der Waals surface area contributed by atoms with Gasteiger partial charge in [-0.2, -0.15) is 18.4 Å². The summed E-state index contributed by atoms with van der Waals surface area (Å²) in [5.41, 5.74) is 0.0520. The van der Waals surface area contributed by atoms with E-state index in [0.29, 0.717) is 23.5 Å². The van der Waals surface area contributed by atoms with Crippen molar-refractivity contribution < 1.29 is 22.3 Å². The largest absolute Gasteiger partial charge is 0.474 e. The molecule has 0 amide bonds. The molecule has 1 aliphatic rings. The van der Waals surface area contributed by atoms with Gasteiger partial charge in [0.05, 0.1) is 17.2 Å². The van der Waals surface area contributed by atoms with E-state index in [1.165, 1.54) is 18.2 Å². The predicted octanol–water partition coefficient (Wildman–Crippen LogP) is 5.68. The number of nitriles is 1. The van der Waals surface area contributed by atoms with Crippen LogP contribution in [0.1, 0.15) is 48.8 Å². The highest BCUT2D eigenvalue weighted by Gasteiger charge is 2.31. The Balaban J connectivity index is 1.48. The Morgan fingerprint density at radius 1 is 1.11 bits per heavy atom. The lowest BCUT2D eigenvalue weighted by Crippen LogP contribution is -2.25. The number of halogens is 4. The van der Waals surface area contributed by atoms with Crippen LogP contribution >= 0.6 is 0 Å². The standard InChI is InChI=1S/C21H20F4N2O/c22-19-3-1-2-15(12-26)18(19)10-6-14-4-8-17(9-5-14)28-20-11-7-16(13-27-20)21(23,24)25/h1-3,7,11,13-14,17H,4-6,8-10H2. The maximum atomic E-state index is 13.9. The molecule has 1 aromatic carbocycles. The highest BCUT2D eigenvalue weighted by atomic mass is 19.4. The fourth-order valence-corrected chi connectivity index (χ4v) is 3.59. The molecule has 1 fully saturated rings. The quantitative estimate of drug-likeness (QED) is 0.615. The van der Waals surface area contributed by atoms with Crippen molar-refractivity contribution in [3.63, 3.8) is 0 Å². The zero-order chi connectivity index (χ0) is 20.1. The average molecular weight is 392 g/mol. The molecule has 3 nitrogen and oxygen atoms in total. The number of nitrogens with zero attached hydrogens (tertiary/aromatic N) is 2. The summed E-state index contributed by atoms with van der Waals surface area (Å²) in [6.45, 7) is 0. The molecule has 0 saturated heterocycles. The van der Waals surface area contributed by atoms with Gasteiger partial charge in [-0.15, -0.1) is 0 Å². The van der Waals surface area contributed by atoms with Crippen LogP contribution in [-0.2, 0) is 12.6 Å². The second-order valence-corrected chi connectivity index (χ2v) is 7.06. The van der Waals surface area contributed by atoms with Crippen LogP contribution in [0.2, 0.25) is 0 Å². The van der Waals surface area contributed by atoms with Gasteiger partial charge in [0.2, 0.25) is 5.88 Å². The molecule has 0 spiro atoms. The third-order valence-electron chi connectivity index (χ3n) is 5.19. The number of hydrogen-bond acceptors (Lipinski definition) is 3. The summed E-state index contributed by atoms with van der Waals surface area (Å²) < 4.78 is 57.4. The number of alkyl halides is 3. The van der Waals surface area contributed by atoms with Crippen LogP contribution in [0, 0.1) is 23.1 Å². The summed E-state index contributed by atoms with van der Waals surface area (Å²) in [4.78, 5) is 3.75. The summed E-state index contributed by atoms with van der Waals surface area (Å²) in [7, 11) is 0. The molecule has 28 heavy (non-hydrogen) atoms. The van der Waals surface area contributed by atoms with Gasteiger partial charge in [-0.1, -0.05) is 6.07 Å². The summed E-state index contributed by atoms with van der Waals surface area (Å²) in [5, 5.41) is 9.11. The molecule has 3 rings (SSSR count). The monoisotopic (exact) mass is 392 g/mol. The molecule has 0 N–H and O–H groups in total. The summed E-state index contributed by atoms with van der Waals surface area (Å²) in [5.74, 6) is 0.262.